The van der Waals surface area contributed by atoms with Gasteiger partial charge in [0.1, 0.15) is 0 Å². The number of halogens is 1. The minimum Gasteiger partial charge on any atom is -0.322 e. The van der Waals surface area contributed by atoms with E-state index in [0.717, 1.165) is 5.69 Å². The Hall–Kier alpha value is -0.580. The molecule has 1 aromatic heterocycles. The molecule has 0 saturated carbocycles. The molecule has 2 aliphatic rings. The van der Waals surface area contributed by atoms with Crippen LogP contribution < -0.4 is 5.73 Å². The van der Waals surface area contributed by atoms with Gasteiger partial charge in [-0.15, -0.1) is 0 Å². The molecule has 3 rings (SSSR count). The van der Waals surface area contributed by atoms with Gasteiger partial charge >= 0.3 is 0 Å². The van der Waals surface area contributed by atoms with Crippen molar-refractivity contribution in [2.24, 2.45) is 18.7 Å². The second kappa shape index (κ2) is 4.51. The first-order valence-electron chi connectivity index (χ1n) is 6.73. The smallest absolute Gasteiger partial charge is 0.0834 e. The minimum atomic E-state index is 0.0156. The Kier molecular flexibility index (Phi) is 3.12. The van der Waals surface area contributed by atoms with Crippen LogP contribution >= 0.6 is 11.6 Å². The van der Waals surface area contributed by atoms with Gasteiger partial charge in [0.25, 0.3) is 0 Å². The summed E-state index contributed by atoms with van der Waals surface area (Å²) in [6.07, 6.45) is 6.72. The number of rotatable bonds is 2. The standard InChI is InChI=1S/C13H21ClN4/c1-17-9-3-4-10(17)6-8(5-9)12(15)13-11(14)7-16-18(13)2/h7-10,12H,3-6,15H2,1-2H3. The molecule has 0 spiro atoms. The van der Waals surface area contributed by atoms with Crippen LogP contribution in [-0.2, 0) is 7.05 Å². The third-order valence-electron chi connectivity index (χ3n) is 4.90. The number of nitrogens with zero attached hydrogens (tertiary/aromatic N) is 3. The molecule has 3 heterocycles. The van der Waals surface area contributed by atoms with Crippen molar-refractivity contribution in [1.29, 1.82) is 0 Å². The average molecular weight is 269 g/mol. The molecular weight excluding hydrogens is 248 g/mol. The van der Waals surface area contributed by atoms with E-state index in [1.54, 1.807) is 6.20 Å². The van der Waals surface area contributed by atoms with E-state index in [-0.39, 0.29) is 6.04 Å². The van der Waals surface area contributed by atoms with Crippen LogP contribution in [0.25, 0.3) is 0 Å². The topological polar surface area (TPSA) is 47.1 Å². The maximum absolute atomic E-state index is 6.45. The summed E-state index contributed by atoms with van der Waals surface area (Å²) in [5.41, 5.74) is 7.44. The molecule has 18 heavy (non-hydrogen) atoms. The number of fused-ring (bicyclic) bond motifs is 2. The normalized spacial score (nSPS) is 33.9. The van der Waals surface area contributed by atoms with E-state index in [1.165, 1.54) is 25.7 Å². The highest BCUT2D eigenvalue weighted by molar-refractivity contribution is 6.31. The summed E-state index contributed by atoms with van der Waals surface area (Å²) in [6, 6.07) is 1.44. The lowest BCUT2D eigenvalue weighted by atomic mass is 9.84. The lowest BCUT2D eigenvalue weighted by molar-refractivity contribution is 0.119. The van der Waals surface area contributed by atoms with Crippen molar-refractivity contribution < 1.29 is 0 Å². The summed E-state index contributed by atoms with van der Waals surface area (Å²) in [5, 5.41) is 4.90. The van der Waals surface area contributed by atoms with Crippen LogP contribution in [0.3, 0.4) is 0 Å². The Bertz CT molecular complexity index is 411. The van der Waals surface area contributed by atoms with Crippen molar-refractivity contribution in [2.75, 3.05) is 7.05 Å². The zero-order valence-electron chi connectivity index (χ0n) is 11.0. The van der Waals surface area contributed by atoms with Gasteiger partial charge < -0.3 is 10.6 Å². The van der Waals surface area contributed by atoms with Crippen molar-refractivity contribution in [3.63, 3.8) is 0 Å². The predicted molar refractivity (Wildman–Crippen MR) is 72.4 cm³/mol. The van der Waals surface area contributed by atoms with Gasteiger partial charge in [-0.1, -0.05) is 11.6 Å². The minimum absolute atomic E-state index is 0.0156. The lowest BCUT2D eigenvalue weighted by Crippen LogP contribution is -2.43. The quantitative estimate of drug-likeness (QED) is 0.892. The van der Waals surface area contributed by atoms with Gasteiger partial charge in [0.2, 0.25) is 0 Å². The summed E-state index contributed by atoms with van der Waals surface area (Å²) in [7, 11) is 4.17. The number of aryl methyl sites for hydroxylation is 1. The highest BCUT2D eigenvalue weighted by Gasteiger charge is 2.41. The molecule has 2 aliphatic heterocycles. The van der Waals surface area contributed by atoms with Crippen molar-refractivity contribution in [3.05, 3.63) is 16.9 Å². The maximum Gasteiger partial charge on any atom is 0.0834 e. The van der Waals surface area contributed by atoms with Crippen molar-refractivity contribution in [2.45, 2.75) is 43.8 Å². The summed E-state index contributed by atoms with van der Waals surface area (Å²) >= 11 is 6.20. The van der Waals surface area contributed by atoms with E-state index in [4.69, 9.17) is 17.3 Å². The largest absolute Gasteiger partial charge is 0.322 e. The van der Waals surface area contributed by atoms with Crippen LogP contribution in [0.5, 0.6) is 0 Å². The monoisotopic (exact) mass is 268 g/mol. The van der Waals surface area contributed by atoms with Gasteiger partial charge in [0.15, 0.2) is 0 Å². The fraction of sp³-hybridized carbons (Fsp3) is 0.769. The Labute approximate surface area is 113 Å². The molecule has 2 bridgehead atoms. The molecule has 4 nitrogen and oxygen atoms in total. The van der Waals surface area contributed by atoms with Crippen LogP contribution in [0.2, 0.25) is 5.02 Å². The first-order chi connectivity index (χ1) is 8.58. The average Bonchev–Trinajstić information content (AvgIpc) is 2.76. The number of aromatic nitrogens is 2. The zero-order chi connectivity index (χ0) is 12.9. The second-order valence-electron chi connectivity index (χ2n) is 5.81. The summed E-state index contributed by atoms with van der Waals surface area (Å²) in [6.45, 7) is 0. The van der Waals surface area contributed by atoms with Crippen LogP contribution in [0, 0.1) is 5.92 Å². The highest BCUT2D eigenvalue weighted by Crippen LogP contribution is 2.42. The molecular formula is C13H21ClN4. The predicted octanol–water partition coefficient (Wildman–Crippen LogP) is 1.95. The molecule has 0 aromatic carbocycles. The van der Waals surface area contributed by atoms with Crippen LogP contribution in [0.4, 0.5) is 0 Å². The van der Waals surface area contributed by atoms with Gasteiger partial charge in [-0.2, -0.15) is 5.10 Å². The van der Waals surface area contributed by atoms with Gasteiger partial charge in [-0.3, -0.25) is 4.68 Å². The molecule has 2 saturated heterocycles. The fourth-order valence-electron chi connectivity index (χ4n) is 3.77. The Morgan fingerprint density at radius 3 is 2.44 bits per heavy atom. The highest BCUT2D eigenvalue weighted by atomic mass is 35.5. The van der Waals surface area contributed by atoms with E-state index in [0.29, 0.717) is 23.0 Å². The van der Waals surface area contributed by atoms with E-state index in [9.17, 15) is 0 Å². The van der Waals surface area contributed by atoms with Gasteiger partial charge in [0, 0.05) is 19.1 Å². The van der Waals surface area contributed by atoms with E-state index in [1.807, 2.05) is 11.7 Å². The van der Waals surface area contributed by atoms with Gasteiger partial charge in [0.05, 0.1) is 23.0 Å². The number of hydrogen-bond acceptors (Lipinski definition) is 3. The molecule has 0 aliphatic carbocycles. The van der Waals surface area contributed by atoms with Crippen LogP contribution in [0.1, 0.15) is 37.4 Å². The van der Waals surface area contributed by atoms with Crippen molar-refractivity contribution >= 4 is 11.6 Å². The summed E-state index contributed by atoms with van der Waals surface area (Å²) in [4.78, 5) is 2.54. The first kappa shape index (κ1) is 12.5. The van der Waals surface area contributed by atoms with E-state index in [2.05, 4.69) is 17.0 Å². The Morgan fingerprint density at radius 1 is 1.33 bits per heavy atom. The molecule has 3 atom stereocenters. The maximum atomic E-state index is 6.45. The fourth-order valence-corrected chi connectivity index (χ4v) is 4.06. The Morgan fingerprint density at radius 2 is 1.94 bits per heavy atom. The van der Waals surface area contributed by atoms with Crippen molar-refractivity contribution in [1.82, 2.24) is 14.7 Å². The third-order valence-corrected chi connectivity index (χ3v) is 5.19. The second-order valence-corrected chi connectivity index (χ2v) is 6.22. The summed E-state index contributed by atoms with van der Waals surface area (Å²) < 4.78 is 1.83. The van der Waals surface area contributed by atoms with E-state index < -0.39 is 0 Å². The molecule has 0 amide bonds. The molecule has 2 fully saturated rings. The molecule has 2 N–H and O–H groups in total. The lowest BCUT2D eigenvalue weighted by Gasteiger charge is -2.38. The third kappa shape index (κ3) is 1.87. The van der Waals surface area contributed by atoms with Crippen LogP contribution in [-0.4, -0.2) is 33.8 Å². The van der Waals surface area contributed by atoms with Gasteiger partial charge in [-0.05, 0) is 38.6 Å². The number of piperidine rings is 1. The van der Waals surface area contributed by atoms with Crippen LogP contribution in [0.15, 0.2) is 6.20 Å². The summed E-state index contributed by atoms with van der Waals surface area (Å²) in [5.74, 6) is 0.534. The molecule has 5 heteroatoms. The Balaban J connectivity index is 1.80. The zero-order valence-corrected chi connectivity index (χ0v) is 11.8. The molecule has 3 unspecified atom stereocenters. The SMILES string of the molecule is CN1C2CCC1CC(C(N)c1c(Cl)cnn1C)C2. The van der Waals surface area contributed by atoms with Gasteiger partial charge in [-0.25, -0.2) is 0 Å². The first-order valence-corrected chi connectivity index (χ1v) is 7.10. The molecule has 1 aromatic rings. The van der Waals surface area contributed by atoms with Crippen molar-refractivity contribution in [3.8, 4) is 0 Å². The number of hydrogen-bond donors (Lipinski definition) is 1. The molecule has 0 radical (unpaired) electrons. The van der Waals surface area contributed by atoms with E-state index >= 15 is 0 Å². The molecule has 100 valence electrons. The number of nitrogens with two attached hydrogens (primary N) is 1.